The number of carbonyl (C=O) groups is 2. The number of amides is 2. The molecule has 3 aromatic rings. The van der Waals surface area contributed by atoms with Gasteiger partial charge in [0.05, 0.1) is 17.7 Å². The van der Waals surface area contributed by atoms with Crippen molar-refractivity contribution < 1.29 is 22.7 Å². The fourth-order valence-electron chi connectivity index (χ4n) is 4.02. The number of nitrogens with one attached hydrogen (secondary N) is 1. The summed E-state index contributed by atoms with van der Waals surface area (Å²) in [7, 11) is -2.59. The number of carbonyl (C=O) groups excluding carboxylic acids is 2. The Labute approximate surface area is 241 Å². The summed E-state index contributed by atoms with van der Waals surface area (Å²) >= 11 is 6.00. The fraction of sp³-hybridized carbons (Fsp3) is 0.333. The van der Waals surface area contributed by atoms with Gasteiger partial charge < -0.3 is 15.0 Å². The predicted molar refractivity (Wildman–Crippen MR) is 158 cm³/mol. The van der Waals surface area contributed by atoms with Crippen LogP contribution >= 0.6 is 11.6 Å². The molecule has 40 heavy (non-hydrogen) atoms. The van der Waals surface area contributed by atoms with Gasteiger partial charge in [-0.1, -0.05) is 42.8 Å². The van der Waals surface area contributed by atoms with Crippen LogP contribution in [-0.4, -0.2) is 50.9 Å². The van der Waals surface area contributed by atoms with Gasteiger partial charge in [0, 0.05) is 17.6 Å². The highest BCUT2D eigenvalue weighted by molar-refractivity contribution is 7.92. The molecule has 0 heterocycles. The molecule has 0 spiro atoms. The van der Waals surface area contributed by atoms with Crippen LogP contribution in [0.2, 0.25) is 5.02 Å². The molecule has 0 unspecified atom stereocenters. The number of ether oxygens (including phenoxy) is 1. The first-order valence-corrected chi connectivity index (χ1v) is 14.9. The highest BCUT2D eigenvalue weighted by Gasteiger charge is 2.32. The number of halogens is 1. The van der Waals surface area contributed by atoms with E-state index in [9.17, 15) is 18.0 Å². The van der Waals surface area contributed by atoms with Crippen molar-refractivity contribution in [1.82, 2.24) is 10.2 Å². The van der Waals surface area contributed by atoms with Gasteiger partial charge in [0.25, 0.3) is 10.0 Å². The van der Waals surface area contributed by atoms with E-state index in [2.05, 4.69) is 5.32 Å². The van der Waals surface area contributed by atoms with Crippen LogP contribution in [0.25, 0.3) is 0 Å². The number of nitrogens with zero attached hydrogens (tertiary/aromatic N) is 2. The van der Waals surface area contributed by atoms with Gasteiger partial charge in [0.1, 0.15) is 18.3 Å². The Morgan fingerprint density at radius 2 is 1.65 bits per heavy atom. The molecule has 0 aliphatic carbocycles. The molecule has 0 aliphatic heterocycles. The van der Waals surface area contributed by atoms with Gasteiger partial charge in [0.2, 0.25) is 11.8 Å². The van der Waals surface area contributed by atoms with Crippen LogP contribution in [0.4, 0.5) is 5.69 Å². The number of methoxy groups -OCH3 is 1. The monoisotopic (exact) mass is 585 g/mol. The van der Waals surface area contributed by atoms with Gasteiger partial charge in [0.15, 0.2) is 0 Å². The zero-order valence-electron chi connectivity index (χ0n) is 23.4. The number of rotatable bonds is 12. The second-order valence-corrected chi connectivity index (χ2v) is 12.0. The van der Waals surface area contributed by atoms with Gasteiger partial charge >= 0.3 is 0 Å². The van der Waals surface area contributed by atoms with Gasteiger partial charge in [-0.15, -0.1) is 0 Å². The molecular weight excluding hydrogens is 550 g/mol. The predicted octanol–water partition coefficient (Wildman–Crippen LogP) is 5.18. The number of benzene rings is 3. The van der Waals surface area contributed by atoms with E-state index in [1.54, 1.807) is 56.5 Å². The lowest BCUT2D eigenvalue weighted by Crippen LogP contribution is -2.52. The highest BCUT2D eigenvalue weighted by Crippen LogP contribution is 2.26. The number of hydrogen-bond donors (Lipinski definition) is 1. The Kier molecular flexibility index (Phi) is 10.6. The minimum absolute atomic E-state index is 0.00419. The second kappa shape index (κ2) is 13.7. The average Bonchev–Trinajstić information content (AvgIpc) is 2.94. The molecule has 0 radical (unpaired) electrons. The van der Waals surface area contributed by atoms with Crippen LogP contribution in [0, 0.1) is 6.92 Å². The Balaban J connectivity index is 2.02. The SMILES string of the molecule is CC[C@H](C)NC(=O)[C@@H](C)N(Cc1ccc(OC)cc1)C(=O)CN(c1cccc(C)c1)S(=O)(=O)c1ccc(Cl)cc1. The van der Waals surface area contributed by atoms with Gasteiger partial charge in [-0.2, -0.15) is 0 Å². The molecule has 10 heteroatoms. The minimum Gasteiger partial charge on any atom is -0.497 e. The largest absolute Gasteiger partial charge is 0.497 e. The summed E-state index contributed by atoms with van der Waals surface area (Å²) < 4.78 is 34.0. The van der Waals surface area contributed by atoms with E-state index >= 15 is 0 Å². The number of aryl methyl sites for hydroxylation is 1. The Morgan fingerprint density at radius 1 is 1.00 bits per heavy atom. The van der Waals surface area contributed by atoms with E-state index in [0.717, 1.165) is 21.9 Å². The smallest absolute Gasteiger partial charge is 0.264 e. The van der Waals surface area contributed by atoms with E-state index in [0.29, 0.717) is 16.5 Å². The summed E-state index contributed by atoms with van der Waals surface area (Å²) in [5.41, 5.74) is 1.93. The molecule has 1 N–H and O–H groups in total. The molecule has 0 saturated heterocycles. The van der Waals surface area contributed by atoms with Crippen molar-refractivity contribution in [2.24, 2.45) is 0 Å². The van der Waals surface area contributed by atoms with Crippen LogP contribution in [0.3, 0.4) is 0 Å². The third-order valence-electron chi connectivity index (χ3n) is 6.65. The molecule has 0 saturated carbocycles. The molecule has 214 valence electrons. The maximum Gasteiger partial charge on any atom is 0.264 e. The molecule has 0 aliphatic rings. The van der Waals surface area contributed by atoms with Gasteiger partial charge in [-0.05, 0) is 86.8 Å². The maximum absolute atomic E-state index is 14.0. The summed E-state index contributed by atoms with van der Waals surface area (Å²) in [5.74, 6) is -0.190. The van der Waals surface area contributed by atoms with E-state index in [4.69, 9.17) is 16.3 Å². The van der Waals surface area contributed by atoms with E-state index in [1.807, 2.05) is 26.8 Å². The average molecular weight is 586 g/mol. The van der Waals surface area contributed by atoms with Crippen LogP contribution < -0.4 is 14.4 Å². The van der Waals surface area contributed by atoms with Crippen LogP contribution in [0.15, 0.2) is 77.7 Å². The lowest BCUT2D eigenvalue weighted by Gasteiger charge is -2.32. The first-order chi connectivity index (χ1) is 19.0. The summed E-state index contributed by atoms with van der Waals surface area (Å²) in [6.45, 7) is 6.92. The van der Waals surface area contributed by atoms with Crippen molar-refractivity contribution in [2.45, 2.75) is 57.6 Å². The summed E-state index contributed by atoms with van der Waals surface area (Å²) in [4.78, 5) is 28.5. The third kappa shape index (κ3) is 7.76. The van der Waals surface area contributed by atoms with E-state index in [-0.39, 0.29) is 23.4 Å². The standard InChI is InChI=1S/C30H36ClN3O5S/c1-6-22(3)32-30(36)23(4)33(19-24-10-14-27(39-5)15-11-24)29(35)20-34(26-9-7-8-21(2)18-26)40(37,38)28-16-12-25(31)13-17-28/h7-18,22-23H,6,19-20H2,1-5H3,(H,32,36)/t22-,23+/m0/s1. The quantitative estimate of drug-likeness (QED) is 0.316. The molecular formula is C30H36ClN3O5S. The first kappa shape index (κ1) is 31.0. The molecule has 8 nitrogen and oxygen atoms in total. The topological polar surface area (TPSA) is 96.0 Å². The molecule has 2 amide bonds. The number of hydrogen-bond acceptors (Lipinski definition) is 5. The minimum atomic E-state index is -4.16. The summed E-state index contributed by atoms with van der Waals surface area (Å²) in [6, 6.07) is 18.9. The van der Waals surface area contributed by atoms with Crippen molar-refractivity contribution >= 4 is 39.1 Å². The van der Waals surface area contributed by atoms with Crippen molar-refractivity contribution in [1.29, 1.82) is 0 Å². The molecule has 3 aromatic carbocycles. The zero-order chi connectivity index (χ0) is 29.4. The Morgan fingerprint density at radius 3 is 2.23 bits per heavy atom. The summed E-state index contributed by atoms with van der Waals surface area (Å²) in [6.07, 6.45) is 0.728. The van der Waals surface area contributed by atoms with Crippen molar-refractivity contribution in [3.8, 4) is 5.75 Å². The first-order valence-electron chi connectivity index (χ1n) is 13.0. The maximum atomic E-state index is 14.0. The van der Waals surface area contributed by atoms with Crippen molar-refractivity contribution in [3.05, 3.63) is 88.9 Å². The normalized spacial score (nSPS) is 12.8. The zero-order valence-corrected chi connectivity index (χ0v) is 25.0. The number of anilines is 1. The van der Waals surface area contributed by atoms with Crippen LogP contribution in [0.5, 0.6) is 5.75 Å². The lowest BCUT2D eigenvalue weighted by atomic mass is 10.1. The Hall–Kier alpha value is -3.56. The van der Waals surface area contributed by atoms with Gasteiger partial charge in [-0.25, -0.2) is 8.42 Å². The van der Waals surface area contributed by atoms with Crippen LogP contribution in [0.1, 0.15) is 38.3 Å². The molecule has 0 aromatic heterocycles. The van der Waals surface area contributed by atoms with E-state index < -0.39 is 28.5 Å². The van der Waals surface area contributed by atoms with Crippen molar-refractivity contribution in [3.63, 3.8) is 0 Å². The molecule has 0 fully saturated rings. The molecule has 2 atom stereocenters. The fourth-order valence-corrected chi connectivity index (χ4v) is 5.55. The lowest BCUT2D eigenvalue weighted by molar-refractivity contribution is -0.139. The molecule has 0 bridgehead atoms. The number of sulfonamides is 1. The summed E-state index contributed by atoms with van der Waals surface area (Å²) in [5, 5.41) is 3.32. The Bertz CT molecular complexity index is 1410. The molecule has 3 rings (SSSR count). The third-order valence-corrected chi connectivity index (χ3v) is 8.69. The van der Waals surface area contributed by atoms with Gasteiger partial charge in [-0.3, -0.25) is 13.9 Å². The van der Waals surface area contributed by atoms with E-state index in [1.165, 1.54) is 29.2 Å². The van der Waals surface area contributed by atoms with Crippen molar-refractivity contribution in [2.75, 3.05) is 18.0 Å². The van der Waals surface area contributed by atoms with Crippen LogP contribution in [-0.2, 0) is 26.2 Å². The highest BCUT2D eigenvalue weighted by atomic mass is 35.5. The second-order valence-electron chi connectivity index (χ2n) is 9.67.